The molecular formula is C12H16N4OS. The molecule has 0 saturated heterocycles. The molecule has 0 fully saturated rings. The Kier molecular flexibility index (Phi) is 4.22. The van der Waals surface area contributed by atoms with E-state index in [1.54, 1.807) is 25.2 Å². The van der Waals surface area contributed by atoms with E-state index in [1.165, 1.54) is 0 Å². The van der Waals surface area contributed by atoms with Crippen LogP contribution < -0.4 is 10.5 Å². The van der Waals surface area contributed by atoms with Gasteiger partial charge in [0.2, 0.25) is 0 Å². The molecule has 1 unspecified atom stereocenters. The van der Waals surface area contributed by atoms with Crippen molar-refractivity contribution in [3.63, 3.8) is 0 Å². The molecule has 0 aliphatic carbocycles. The first-order valence-electron chi connectivity index (χ1n) is 5.59. The third-order valence-electron chi connectivity index (χ3n) is 2.62. The molecule has 0 amide bonds. The maximum atomic E-state index is 5.83. The van der Waals surface area contributed by atoms with E-state index < -0.39 is 0 Å². The van der Waals surface area contributed by atoms with Gasteiger partial charge in [-0.05, 0) is 17.7 Å². The SMILES string of the molecule is COc1ccc(C(CN)Sc2nncn2C)cc1. The highest BCUT2D eigenvalue weighted by Crippen LogP contribution is 2.33. The number of aryl methyl sites for hydroxylation is 1. The lowest BCUT2D eigenvalue weighted by molar-refractivity contribution is 0.414. The Hall–Kier alpha value is -1.53. The fraction of sp³-hybridized carbons (Fsp3) is 0.333. The van der Waals surface area contributed by atoms with Crippen LogP contribution in [0.25, 0.3) is 0 Å². The quantitative estimate of drug-likeness (QED) is 0.831. The fourth-order valence-electron chi connectivity index (χ4n) is 1.58. The third kappa shape index (κ3) is 2.83. The molecule has 2 rings (SSSR count). The molecular weight excluding hydrogens is 248 g/mol. The lowest BCUT2D eigenvalue weighted by Gasteiger charge is -2.14. The Morgan fingerprint density at radius 2 is 2.11 bits per heavy atom. The number of hydrogen-bond donors (Lipinski definition) is 1. The van der Waals surface area contributed by atoms with Gasteiger partial charge in [-0.2, -0.15) is 0 Å². The number of nitrogens with two attached hydrogens (primary N) is 1. The smallest absolute Gasteiger partial charge is 0.191 e. The lowest BCUT2D eigenvalue weighted by atomic mass is 10.1. The van der Waals surface area contributed by atoms with Crippen molar-refractivity contribution in [2.75, 3.05) is 13.7 Å². The first kappa shape index (κ1) is 12.9. The largest absolute Gasteiger partial charge is 0.497 e. The van der Waals surface area contributed by atoms with Crippen LogP contribution in [-0.4, -0.2) is 28.4 Å². The zero-order chi connectivity index (χ0) is 13.0. The van der Waals surface area contributed by atoms with Crippen LogP contribution in [0.3, 0.4) is 0 Å². The number of ether oxygens (including phenoxy) is 1. The van der Waals surface area contributed by atoms with Crippen molar-refractivity contribution in [3.05, 3.63) is 36.2 Å². The molecule has 6 heteroatoms. The Morgan fingerprint density at radius 1 is 1.39 bits per heavy atom. The van der Waals surface area contributed by atoms with Gasteiger partial charge in [0.15, 0.2) is 5.16 Å². The van der Waals surface area contributed by atoms with E-state index in [2.05, 4.69) is 10.2 Å². The van der Waals surface area contributed by atoms with Gasteiger partial charge in [0.05, 0.1) is 7.11 Å². The average Bonchev–Trinajstić information content (AvgIpc) is 2.81. The average molecular weight is 264 g/mol. The van der Waals surface area contributed by atoms with E-state index in [0.29, 0.717) is 6.54 Å². The van der Waals surface area contributed by atoms with Crippen LogP contribution in [0.5, 0.6) is 5.75 Å². The summed E-state index contributed by atoms with van der Waals surface area (Å²) in [6, 6.07) is 7.93. The van der Waals surface area contributed by atoms with Crippen LogP contribution in [0, 0.1) is 0 Å². The molecule has 18 heavy (non-hydrogen) atoms. The molecule has 1 aromatic carbocycles. The number of aromatic nitrogens is 3. The molecule has 1 atom stereocenters. The van der Waals surface area contributed by atoms with Crippen molar-refractivity contribution in [2.24, 2.45) is 12.8 Å². The highest BCUT2D eigenvalue weighted by atomic mass is 32.2. The molecule has 0 aliphatic heterocycles. The van der Waals surface area contributed by atoms with Gasteiger partial charge in [-0.15, -0.1) is 10.2 Å². The zero-order valence-electron chi connectivity index (χ0n) is 10.4. The summed E-state index contributed by atoms with van der Waals surface area (Å²) in [6.45, 7) is 0.545. The van der Waals surface area contributed by atoms with Gasteiger partial charge < -0.3 is 15.0 Å². The standard InChI is InChI=1S/C12H16N4OS/c1-16-8-14-15-12(16)18-11(7-13)9-3-5-10(17-2)6-4-9/h3-6,8,11H,7,13H2,1-2H3. The summed E-state index contributed by atoms with van der Waals surface area (Å²) in [5.74, 6) is 0.846. The summed E-state index contributed by atoms with van der Waals surface area (Å²) >= 11 is 1.61. The Balaban J connectivity index is 2.15. The van der Waals surface area contributed by atoms with Crippen LogP contribution in [0.4, 0.5) is 0 Å². The fourth-order valence-corrected chi connectivity index (χ4v) is 2.53. The van der Waals surface area contributed by atoms with Gasteiger partial charge in [0, 0.05) is 18.8 Å². The van der Waals surface area contributed by atoms with E-state index >= 15 is 0 Å². The second-order valence-electron chi connectivity index (χ2n) is 3.84. The molecule has 2 aromatic rings. The molecule has 0 saturated carbocycles. The molecule has 0 spiro atoms. The number of nitrogens with zero attached hydrogens (tertiary/aromatic N) is 3. The van der Waals surface area contributed by atoms with Crippen molar-refractivity contribution in [1.29, 1.82) is 0 Å². The number of hydrogen-bond acceptors (Lipinski definition) is 5. The summed E-state index contributed by atoms with van der Waals surface area (Å²) in [5, 5.41) is 8.95. The minimum atomic E-state index is 0.166. The second-order valence-corrected chi connectivity index (χ2v) is 5.01. The zero-order valence-corrected chi connectivity index (χ0v) is 11.2. The van der Waals surface area contributed by atoms with Crippen LogP contribution in [0.1, 0.15) is 10.8 Å². The predicted octanol–water partition coefficient (Wildman–Crippen LogP) is 1.62. The van der Waals surface area contributed by atoms with Crippen LogP contribution in [-0.2, 0) is 7.05 Å². The normalized spacial score (nSPS) is 12.4. The summed E-state index contributed by atoms with van der Waals surface area (Å²) in [4.78, 5) is 0. The molecule has 96 valence electrons. The van der Waals surface area contributed by atoms with Crippen LogP contribution in [0.2, 0.25) is 0 Å². The monoisotopic (exact) mass is 264 g/mol. The van der Waals surface area contributed by atoms with E-state index in [0.717, 1.165) is 16.5 Å². The Bertz CT molecular complexity index is 497. The minimum Gasteiger partial charge on any atom is -0.497 e. The van der Waals surface area contributed by atoms with Gasteiger partial charge in [0.25, 0.3) is 0 Å². The highest BCUT2D eigenvalue weighted by Gasteiger charge is 2.14. The Labute approximate surface area is 110 Å². The van der Waals surface area contributed by atoms with Gasteiger partial charge >= 0.3 is 0 Å². The summed E-state index contributed by atoms with van der Waals surface area (Å²) in [6.07, 6.45) is 1.68. The first-order valence-corrected chi connectivity index (χ1v) is 6.47. The maximum Gasteiger partial charge on any atom is 0.191 e. The molecule has 1 aromatic heterocycles. The number of methoxy groups -OCH3 is 1. The van der Waals surface area contributed by atoms with Gasteiger partial charge in [-0.1, -0.05) is 23.9 Å². The number of benzene rings is 1. The van der Waals surface area contributed by atoms with Crippen molar-refractivity contribution in [1.82, 2.24) is 14.8 Å². The second kappa shape index (κ2) is 5.88. The molecule has 0 aliphatic rings. The highest BCUT2D eigenvalue weighted by molar-refractivity contribution is 7.99. The van der Waals surface area contributed by atoms with Crippen LogP contribution >= 0.6 is 11.8 Å². The molecule has 0 bridgehead atoms. The molecule has 5 nitrogen and oxygen atoms in total. The van der Waals surface area contributed by atoms with Gasteiger partial charge in [-0.3, -0.25) is 0 Å². The van der Waals surface area contributed by atoms with Gasteiger partial charge in [-0.25, -0.2) is 0 Å². The summed E-state index contributed by atoms with van der Waals surface area (Å²) in [5.41, 5.74) is 6.99. The summed E-state index contributed by atoms with van der Waals surface area (Å²) < 4.78 is 7.03. The molecule has 0 radical (unpaired) electrons. The topological polar surface area (TPSA) is 66.0 Å². The van der Waals surface area contributed by atoms with E-state index in [1.807, 2.05) is 35.9 Å². The first-order chi connectivity index (χ1) is 8.74. The van der Waals surface area contributed by atoms with Crippen molar-refractivity contribution >= 4 is 11.8 Å². The third-order valence-corrected chi connectivity index (χ3v) is 3.95. The van der Waals surface area contributed by atoms with Crippen LogP contribution in [0.15, 0.2) is 35.7 Å². The summed E-state index contributed by atoms with van der Waals surface area (Å²) in [7, 11) is 3.58. The number of thioether (sulfide) groups is 1. The maximum absolute atomic E-state index is 5.83. The minimum absolute atomic E-state index is 0.166. The van der Waals surface area contributed by atoms with E-state index in [-0.39, 0.29) is 5.25 Å². The van der Waals surface area contributed by atoms with Crippen molar-refractivity contribution in [3.8, 4) is 5.75 Å². The Morgan fingerprint density at radius 3 is 2.61 bits per heavy atom. The molecule has 2 N–H and O–H groups in total. The van der Waals surface area contributed by atoms with E-state index in [4.69, 9.17) is 10.5 Å². The lowest BCUT2D eigenvalue weighted by Crippen LogP contribution is -2.10. The number of rotatable bonds is 5. The van der Waals surface area contributed by atoms with E-state index in [9.17, 15) is 0 Å². The predicted molar refractivity (Wildman–Crippen MR) is 71.6 cm³/mol. The van der Waals surface area contributed by atoms with Crippen molar-refractivity contribution in [2.45, 2.75) is 10.4 Å². The van der Waals surface area contributed by atoms with Crippen molar-refractivity contribution < 1.29 is 4.74 Å². The van der Waals surface area contributed by atoms with Gasteiger partial charge in [0.1, 0.15) is 12.1 Å². The molecule has 1 heterocycles.